The number of carbonyl (C=O) groups is 1. The van der Waals surface area contributed by atoms with Crippen molar-refractivity contribution >= 4 is 23.4 Å². The van der Waals surface area contributed by atoms with Crippen LogP contribution in [-0.4, -0.2) is 37.8 Å². The van der Waals surface area contributed by atoms with Crippen LogP contribution in [0, 0.1) is 13.8 Å². The van der Waals surface area contributed by atoms with Crippen LogP contribution in [0.1, 0.15) is 43.6 Å². The number of thioether (sulfide) groups is 1. The molecule has 3 aromatic heterocycles. The van der Waals surface area contributed by atoms with Gasteiger partial charge in [0.05, 0.1) is 10.9 Å². The second-order valence-electron chi connectivity index (χ2n) is 8.55. The highest BCUT2D eigenvalue weighted by atomic mass is 32.2. The Kier molecular flexibility index (Phi) is 6.20. The van der Waals surface area contributed by atoms with E-state index in [1.165, 1.54) is 5.56 Å². The molecule has 1 N–H and O–H groups in total. The molecule has 0 saturated carbocycles. The van der Waals surface area contributed by atoms with Gasteiger partial charge < -0.3 is 5.32 Å². The summed E-state index contributed by atoms with van der Waals surface area (Å²) >= 11 is 1.90. The molecule has 34 heavy (non-hydrogen) atoms. The van der Waals surface area contributed by atoms with Gasteiger partial charge in [0.1, 0.15) is 11.5 Å². The number of aryl methyl sites for hydroxylation is 3. The highest BCUT2D eigenvalue weighted by Gasteiger charge is 2.30. The Morgan fingerprint density at radius 2 is 1.97 bits per heavy atom. The predicted molar refractivity (Wildman–Crippen MR) is 137 cm³/mol. The number of nitrogens with zero attached hydrogens (tertiary/aromatic N) is 4. The third-order valence-corrected chi connectivity index (χ3v) is 7.54. The van der Waals surface area contributed by atoms with Crippen LogP contribution in [0.4, 0.5) is 5.82 Å². The molecule has 5 rings (SSSR count). The van der Waals surface area contributed by atoms with E-state index in [0.29, 0.717) is 6.42 Å². The van der Waals surface area contributed by atoms with Gasteiger partial charge in [-0.1, -0.05) is 24.3 Å². The highest BCUT2D eigenvalue weighted by molar-refractivity contribution is 7.99. The Morgan fingerprint density at radius 3 is 2.74 bits per heavy atom. The molecule has 4 heterocycles. The second kappa shape index (κ2) is 9.43. The van der Waals surface area contributed by atoms with E-state index in [2.05, 4.69) is 28.3 Å². The van der Waals surface area contributed by atoms with Gasteiger partial charge in [0.25, 0.3) is 0 Å². The van der Waals surface area contributed by atoms with Gasteiger partial charge >= 0.3 is 0 Å². The van der Waals surface area contributed by atoms with Crippen LogP contribution in [0.3, 0.4) is 0 Å². The normalized spacial score (nSPS) is 15.3. The molecule has 0 radical (unpaired) electrons. The quantitative estimate of drug-likeness (QED) is 0.407. The minimum absolute atomic E-state index is 0.0976. The van der Waals surface area contributed by atoms with Crippen molar-refractivity contribution in [1.29, 1.82) is 0 Å². The van der Waals surface area contributed by atoms with Crippen LogP contribution >= 0.6 is 11.8 Å². The summed E-state index contributed by atoms with van der Waals surface area (Å²) < 4.78 is 1.92. The number of hydrogen-bond acceptors (Lipinski definition) is 6. The number of fused-ring (bicyclic) bond motifs is 1. The average molecular weight is 470 g/mol. The summed E-state index contributed by atoms with van der Waals surface area (Å²) in [7, 11) is 1.97. The Bertz CT molecular complexity index is 1350. The van der Waals surface area contributed by atoms with Crippen LogP contribution in [0.2, 0.25) is 0 Å². The number of anilines is 1. The van der Waals surface area contributed by atoms with Gasteiger partial charge in [-0.05, 0) is 54.8 Å². The summed E-state index contributed by atoms with van der Waals surface area (Å²) in [5, 5.41) is 8.48. The standard InChI is InChI=1S/C27H27N5OS/c1-17-15-20(23(33)16-19-7-6-12-28-18(19)2)9-10-21(17)26-24-25(22-8-4-5-11-29-22)31-32(3)27(24)30-13-14-34-26/h4-12,15,26,30H,13-14,16H2,1-3H3. The molecule has 7 heteroatoms. The highest BCUT2D eigenvalue weighted by Crippen LogP contribution is 2.46. The van der Waals surface area contributed by atoms with Gasteiger partial charge in [-0.2, -0.15) is 5.10 Å². The summed E-state index contributed by atoms with van der Waals surface area (Å²) in [6, 6.07) is 15.9. The molecular weight excluding hydrogens is 442 g/mol. The van der Waals surface area contributed by atoms with E-state index < -0.39 is 0 Å². The summed E-state index contributed by atoms with van der Waals surface area (Å²) in [6.07, 6.45) is 3.92. The minimum Gasteiger partial charge on any atom is -0.369 e. The number of Topliss-reactive ketones (excluding diaryl/α,β-unsaturated/α-hetero) is 1. The lowest BCUT2D eigenvalue weighted by molar-refractivity contribution is 0.0992. The lowest BCUT2D eigenvalue weighted by Crippen LogP contribution is -2.08. The molecular formula is C27H27N5OS. The molecule has 0 aliphatic carbocycles. The van der Waals surface area contributed by atoms with Crippen molar-refractivity contribution < 1.29 is 4.79 Å². The average Bonchev–Trinajstić information content (AvgIpc) is 3.02. The van der Waals surface area contributed by atoms with E-state index in [0.717, 1.165) is 57.5 Å². The Morgan fingerprint density at radius 1 is 1.12 bits per heavy atom. The molecule has 6 nitrogen and oxygen atoms in total. The largest absolute Gasteiger partial charge is 0.369 e. The van der Waals surface area contributed by atoms with E-state index in [-0.39, 0.29) is 11.0 Å². The Balaban J connectivity index is 1.52. The maximum atomic E-state index is 13.0. The molecule has 0 fully saturated rings. The van der Waals surface area contributed by atoms with Gasteiger partial charge in [-0.25, -0.2) is 0 Å². The van der Waals surface area contributed by atoms with E-state index in [9.17, 15) is 4.79 Å². The zero-order valence-electron chi connectivity index (χ0n) is 19.6. The maximum Gasteiger partial charge on any atom is 0.167 e. The number of aromatic nitrogens is 4. The van der Waals surface area contributed by atoms with Crippen LogP contribution in [0.5, 0.6) is 0 Å². The van der Waals surface area contributed by atoms with E-state index >= 15 is 0 Å². The number of carbonyl (C=O) groups excluding carboxylic acids is 1. The first-order valence-corrected chi connectivity index (χ1v) is 12.5. The van der Waals surface area contributed by atoms with Gasteiger partial charge in [-0.15, -0.1) is 11.8 Å². The third kappa shape index (κ3) is 4.23. The monoisotopic (exact) mass is 469 g/mol. The van der Waals surface area contributed by atoms with Crippen molar-refractivity contribution in [2.24, 2.45) is 7.05 Å². The lowest BCUT2D eigenvalue weighted by atomic mass is 9.94. The number of benzene rings is 1. The van der Waals surface area contributed by atoms with Crippen LogP contribution in [0.25, 0.3) is 11.4 Å². The number of hydrogen-bond donors (Lipinski definition) is 1. The molecule has 1 atom stereocenters. The Hall–Kier alpha value is -3.45. The predicted octanol–water partition coefficient (Wildman–Crippen LogP) is 5.17. The van der Waals surface area contributed by atoms with Crippen molar-refractivity contribution in [3.05, 3.63) is 94.4 Å². The smallest absolute Gasteiger partial charge is 0.167 e. The van der Waals surface area contributed by atoms with Gasteiger partial charge in [0.15, 0.2) is 5.78 Å². The topological polar surface area (TPSA) is 72.7 Å². The first-order chi connectivity index (χ1) is 16.5. The van der Waals surface area contributed by atoms with Crippen molar-refractivity contribution in [3.63, 3.8) is 0 Å². The number of rotatable bonds is 5. The molecule has 1 unspecified atom stereocenters. The fourth-order valence-corrected chi connectivity index (χ4v) is 5.78. The van der Waals surface area contributed by atoms with Crippen LogP contribution < -0.4 is 5.32 Å². The molecule has 172 valence electrons. The van der Waals surface area contributed by atoms with Crippen molar-refractivity contribution in [1.82, 2.24) is 19.7 Å². The molecule has 1 aromatic carbocycles. The van der Waals surface area contributed by atoms with Crippen LogP contribution in [0.15, 0.2) is 60.9 Å². The number of nitrogens with one attached hydrogen (secondary N) is 1. The van der Waals surface area contributed by atoms with Crippen molar-refractivity contribution in [3.8, 4) is 11.4 Å². The van der Waals surface area contributed by atoms with Crippen molar-refractivity contribution in [2.45, 2.75) is 25.5 Å². The molecule has 0 saturated heterocycles. The zero-order chi connectivity index (χ0) is 23.7. The second-order valence-corrected chi connectivity index (χ2v) is 9.76. The molecule has 0 bridgehead atoms. The van der Waals surface area contributed by atoms with Gasteiger partial charge in [0, 0.05) is 55.0 Å². The minimum atomic E-state index is 0.0976. The molecule has 4 aromatic rings. The first kappa shape index (κ1) is 22.3. The summed E-state index contributed by atoms with van der Waals surface area (Å²) in [5.74, 6) is 2.11. The van der Waals surface area contributed by atoms with E-state index in [1.807, 2.05) is 72.9 Å². The molecule has 1 aliphatic heterocycles. The van der Waals surface area contributed by atoms with Gasteiger partial charge in [0.2, 0.25) is 0 Å². The molecule has 0 amide bonds. The van der Waals surface area contributed by atoms with E-state index in [4.69, 9.17) is 5.10 Å². The summed E-state index contributed by atoms with van der Waals surface area (Å²) in [5.41, 5.74) is 7.83. The first-order valence-electron chi connectivity index (χ1n) is 11.4. The fraction of sp³-hybridized carbons (Fsp3) is 0.259. The maximum absolute atomic E-state index is 13.0. The summed E-state index contributed by atoms with van der Waals surface area (Å²) in [4.78, 5) is 21.9. The van der Waals surface area contributed by atoms with Gasteiger partial charge in [-0.3, -0.25) is 19.4 Å². The van der Waals surface area contributed by atoms with Crippen LogP contribution in [-0.2, 0) is 13.5 Å². The third-order valence-electron chi connectivity index (χ3n) is 6.27. The number of pyridine rings is 2. The Labute approximate surface area is 203 Å². The van der Waals surface area contributed by atoms with E-state index in [1.54, 1.807) is 12.4 Å². The fourth-order valence-electron chi connectivity index (χ4n) is 4.49. The number of ketones is 1. The molecule has 1 aliphatic rings. The zero-order valence-corrected chi connectivity index (χ0v) is 20.4. The summed E-state index contributed by atoms with van der Waals surface area (Å²) in [6.45, 7) is 4.91. The molecule has 0 spiro atoms. The lowest BCUT2D eigenvalue weighted by Gasteiger charge is -2.19. The van der Waals surface area contributed by atoms with Crippen molar-refractivity contribution in [2.75, 3.05) is 17.6 Å². The SMILES string of the molecule is Cc1cc(C(=O)Cc2cccnc2C)ccc1C1SCCNc2c1c(-c1ccccn1)nn2C.